The van der Waals surface area contributed by atoms with E-state index in [4.69, 9.17) is 0 Å². The van der Waals surface area contributed by atoms with Crippen LogP contribution < -0.4 is 10.0 Å². The monoisotopic (exact) mass is 284 g/mol. The van der Waals surface area contributed by atoms with Gasteiger partial charge in [0.2, 0.25) is 0 Å². The van der Waals surface area contributed by atoms with E-state index in [0.717, 1.165) is 30.2 Å². The van der Waals surface area contributed by atoms with E-state index in [1.165, 1.54) is 23.7 Å². The Bertz CT molecular complexity index is 585. The van der Waals surface area contributed by atoms with Gasteiger partial charge in [-0.2, -0.15) is 0 Å². The van der Waals surface area contributed by atoms with E-state index >= 15 is 0 Å². The first-order valence-corrected chi connectivity index (χ1v) is 7.45. The molecule has 0 unspecified atom stereocenters. The average molecular weight is 284 g/mol. The summed E-state index contributed by atoms with van der Waals surface area (Å²) >= 11 is 0. The van der Waals surface area contributed by atoms with Gasteiger partial charge in [0.05, 0.1) is 5.97 Å². The third-order valence-corrected chi connectivity index (χ3v) is 3.89. The number of rotatable bonds is 4. The fourth-order valence-electron chi connectivity index (χ4n) is 2.78. The number of carboxylic acid groups (broad SMARTS) is 1. The maximum Gasteiger partial charge on any atom is 0.0642 e. The second-order valence-corrected chi connectivity index (χ2v) is 5.76. The van der Waals surface area contributed by atoms with Crippen molar-refractivity contribution in [1.82, 2.24) is 0 Å². The Labute approximate surface area is 126 Å². The molecule has 0 saturated heterocycles. The highest BCUT2D eigenvalue weighted by Crippen LogP contribution is 2.31. The minimum absolute atomic E-state index is 0.512. The van der Waals surface area contributed by atoms with Crippen LogP contribution in [0.1, 0.15) is 38.3 Å². The highest BCUT2D eigenvalue weighted by atomic mass is 16.4. The molecule has 0 saturated carbocycles. The molecule has 0 fully saturated rings. The lowest BCUT2D eigenvalue weighted by Crippen LogP contribution is -2.35. The molecule has 0 atom stereocenters. The molecule has 1 aliphatic heterocycles. The predicted octanol–water partition coefficient (Wildman–Crippen LogP) is 2.56. The Balaban J connectivity index is 2.27. The lowest BCUT2D eigenvalue weighted by Gasteiger charge is -2.35. The zero-order valence-electron chi connectivity index (χ0n) is 12.9. The van der Waals surface area contributed by atoms with Crippen molar-refractivity contribution in [3.8, 4) is 0 Å². The standard InChI is InChI=1S/C18H23NO2/c1-13(2)19-11-5-7-16-12-15(9-10-17(16)19)14(3)6-4-8-18(20)21/h4,6,8-10,12-13H,5,7,11H2,1-3H3,(H,20,21)/p-1/b8-4+,14-6+. The fourth-order valence-corrected chi connectivity index (χ4v) is 2.78. The van der Waals surface area contributed by atoms with Crippen molar-refractivity contribution < 1.29 is 9.90 Å². The second kappa shape index (κ2) is 6.61. The van der Waals surface area contributed by atoms with Crippen LogP contribution in [0, 0.1) is 0 Å². The minimum Gasteiger partial charge on any atom is -0.545 e. The van der Waals surface area contributed by atoms with Crippen molar-refractivity contribution in [2.24, 2.45) is 0 Å². The van der Waals surface area contributed by atoms with Gasteiger partial charge in [0.15, 0.2) is 0 Å². The summed E-state index contributed by atoms with van der Waals surface area (Å²) in [7, 11) is 0. The van der Waals surface area contributed by atoms with Gasteiger partial charge in [-0.25, -0.2) is 0 Å². The van der Waals surface area contributed by atoms with Gasteiger partial charge < -0.3 is 14.8 Å². The Morgan fingerprint density at radius 2 is 2.14 bits per heavy atom. The number of aryl methyl sites for hydroxylation is 1. The Morgan fingerprint density at radius 3 is 2.81 bits per heavy atom. The molecule has 0 aliphatic carbocycles. The molecule has 0 aromatic heterocycles. The molecule has 1 aromatic carbocycles. The lowest BCUT2D eigenvalue weighted by atomic mass is 9.95. The molecule has 1 heterocycles. The average Bonchev–Trinajstić information content (AvgIpc) is 2.45. The van der Waals surface area contributed by atoms with E-state index in [2.05, 4.69) is 36.9 Å². The highest BCUT2D eigenvalue weighted by molar-refractivity contribution is 5.79. The topological polar surface area (TPSA) is 43.4 Å². The number of hydrogen-bond donors (Lipinski definition) is 0. The number of carboxylic acids is 1. The number of allylic oxidation sites excluding steroid dienone is 3. The number of carbonyl (C=O) groups is 1. The van der Waals surface area contributed by atoms with E-state index in [-0.39, 0.29) is 0 Å². The smallest absolute Gasteiger partial charge is 0.0642 e. The highest BCUT2D eigenvalue weighted by Gasteiger charge is 2.19. The first-order valence-electron chi connectivity index (χ1n) is 7.45. The van der Waals surface area contributed by atoms with Crippen molar-refractivity contribution in [3.05, 3.63) is 47.6 Å². The Kier molecular flexibility index (Phi) is 4.84. The third-order valence-electron chi connectivity index (χ3n) is 3.89. The summed E-state index contributed by atoms with van der Waals surface area (Å²) in [6.45, 7) is 7.55. The molecule has 0 amide bonds. The summed E-state index contributed by atoms with van der Waals surface area (Å²) in [5, 5.41) is 10.4. The molecular formula is C18H22NO2-. The largest absolute Gasteiger partial charge is 0.545 e. The lowest BCUT2D eigenvalue weighted by molar-refractivity contribution is -0.297. The van der Waals surface area contributed by atoms with Gasteiger partial charge in [-0.15, -0.1) is 0 Å². The van der Waals surface area contributed by atoms with E-state index in [1.54, 1.807) is 6.08 Å². The van der Waals surface area contributed by atoms with Gasteiger partial charge in [-0.05, 0) is 68.5 Å². The van der Waals surface area contributed by atoms with Crippen molar-refractivity contribution >= 4 is 17.2 Å². The number of anilines is 1. The summed E-state index contributed by atoms with van der Waals surface area (Å²) in [6.07, 6.45) is 6.66. The molecule has 0 spiro atoms. The summed E-state index contributed by atoms with van der Waals surface area (Å²) in [5.41, 5.74) is 4.90. The maximum absolute atomic E-state index is 10.4. The van der Waals surface area contributed by atoms with Gasteiger partial charge in [0.25, 0.3) is 0 Å². The molecule has 0 radical (unpaired) electrons. The molecule has 3 heteroatoms. The number of carbonyl (C=O) groups excluding carboxylic acids is 1. The minimum atomic E-state index is -1.17. The van der Waals surface area contributed by atoms with Crippen molar-refractivity contribution in [1.29, 1.82) is 0 Å². The van der Waals surface area contributed by atoms with Crippen LogP contribution in [0.15, 0.2) is 36.4 Å². The number of fused-ring (bicyclic) bond motifs is 1. The molecular weight excluding hydrogens is 262 g/mol. The van der Waals surface area contributed by atoms with Crippen molar-refractivity contribution in [2.45, 2.75) is 39.7 Å². The van der Waals surface area contributed by atoms with Gasteiger partial charge in [0, 0.05) is 18.3 Å². The number of aliphatic carboxylic acids is 1. The SMILES string of the molecule is C/C(=C\C=C\C(=O)[O-])c1ccc2c(c1)CCCN2C(C)C. The molecule has 1 aromatic rings. The molecule has 0 N–H and O–H groups in total. The number of benzene rings is 1. The predicted molar refractivity (Wildman–Crippen MR) is 85.0 cm³/mol. The summed E-state index contributed by atoms with van der Waals surface area (Å²) < 4.78 is 0. The third kappa shape index (κ3) is 3.75. The zero-order chi connectivity index (χ0) is 15.4. The normalized spacial score (nSPS) is 15.6. The zero-order valence-corrected chi connectivity index (χ0v) is 12.9. The van der Waals surface area contributed by atoms with E-state index in [0.29, 0.717) is 6.04 Å². The fraction of sp³-hybridized carbons (Fsp3) is 0.389. The second-order valence-electron chi connectivity index (χ2n) is 5.76. The van der Waals surface area contributed by atoms with E-state index in [1.807, 2.05) is 6.92 Å². The number of hydrogen-bond acceptors (Lipinski definition) is 3. The van der Waals surface area contributed by atoms with Crippen molar-refractivity contribution in [3.63, 3.8) is 0 Å². The maximum atomic E-state index is 10.4. The van der Waals surface area contributed by atoms with Crippen LogP contribution in [-0.4, -0.2) is 18.6 Å². The molecule has 3 nitrogen and oxygen atoms in total. The molecule has 2 rings (SSSR count). The molecule has 112 valence electrons. The summed E-state index contributed by atoms with van der Waals surface area (Å²) in [5.74, 6) is -1.17. The summed E-state index contributed by atoms with van der Waals surface area (Å²) in [6, 6.07) is 7.03. The molecule has 21 heavy (non-hydrogen) atoms. The Hall–Kier alpha value is -2.03. The quantitative estimate of drug-likeness (QED) is 0.630. The van der Waals surface area contributed by atoms with Gasteiger partial charge >= 0.3 is 0 Å². The molecule has 0 bridgehead atoms. The first kappa shape index (κ1) is 15.4. The van der Waals surface area contributed by atoms with Crippen molar-refractivity contribution in [2.75, 3.05) is 11.4 Å². The molecule has 1 aliphatic rings. The number of nitrogens with zero attached hydrogens (tertiary/aromatic N) is 1. The summed E-state index contributed by atoms with van der Waals surface area (Å²) in [4.78, 5) is 12.8. The van der Waals surface area contributed by atoms with E-state index < -0.39 is 5.97 Å². The van der Waals surface area contributed by atoms with Crippen LogP contribution in [0.3, 0.4) is 0 Å². The van der Waals surface area contributed by atoms with Crippen LogP contribution in [0.4, 0.5) is 5.69 Å². The van der Waals surface area contributed by atoms with Gasteiger partial charge in [0.1, 0.15) is 0 Å². The van der Waals surface area contributed by atoms with Crippen LogP contribution in [0.25, 0.3) is 5.57 Å². The van der Waals surface area contributed by atoms with Gasteiger partial charge in [-0.3, -0.25) is 0 Å². The van der Waals surface area contributed by atoms with Gasteiger partial charge in [-0.1, -0.05) is 18.2 Å². The van der Waals surface area contributed by atoms with E-state index in [9.17, 15) is 9.90 Å². The van der Waals surface area contributed by atoms with Crippen LogP contribution in [0.2, 0.25) is 0 Å². The van der Waals surface area contributed by atoms with Crippen LogP contribution in [-0.2, 0) is 11.2 Å². The van der Waals surface area contributed by atoms with Crippen LogP contribution in [0.5, 0.6) is 0 Å². The first-order chi connectivity index (χ1) is 9.99. The Morgan fingerprint density at radius 1 is 1.38 bits per heavy atom. The van der Waals surface area contributed by atoms with Crippen LogP contribution >= 0.6 is 0 Å².